The molecule has 2 N–H and O–H groups in total. The highest BCUT2D eigenvalue weighted by Gasteiger charge is 2.25. The maximum atomic E-state index is 12.0. The minimum atomic E-state index is -3.67. The number of rotatable bonds is 4. The van der Waals surface area contributed by atoms with Crippen LogP contribution in [0.1, 0.15) is 6.92 Å². The van der Waals surface area contributed by atoms with Crippen LogP contribution in [-0.4, -0.2) is 51.4 Å². The van der Waals surface area contributed by atoms with Crippen LogP contribution >= 0.6 is 35.3 Å². The lowest BCUT2D eigenvalue weighted by atomic mass is 10.2. The van der Waals surface area contributed by atoms with Crippen molar-refractivity contribution in [2.45, 2.75) is 17.2 Å². The van der Waals surface area contributed by atoms with Crippen molar-refractivity contribution in [3.63, 3.8) is 0 Å². The van der Waals surface area contributed by atoms with Crippen LogP contribution in [0.15, 0.2) is 16.3 Å². The standard InChI is InChI=1S/C11H16ClN3O3S2.ClH/c1-8-6-13-4-5-15(8)10(16)7-14-20(17,18)11-3-2-9(12)19-11;/h2-3,8,13-14H,4-7H2,1H3;1H/t8-;/m1./s1. The minimum Gasteiger partial charge on any atom is -0.336 e. The van der Waals surface area contributed by atoms with E-state index in [1.165, 1.54) is 12.1 Å². The van der Waals surface area contributed by atoms with Gasteiger partial charge in [-0.1, -0.05) is 11.6 Å². The van der Waals surface area contributed by atoms with Gasteiger partial charge < -0.3 is 10.2 Å². The number of hydrogen-bond acceptors (Lipinski definition) is 5. The van der Waals surface area contributed by atoms with Crippen molar-refractivity contribution in [1.82, 2.24) is 14.9 Å². The number of hydrogen-bond donors (Lipinski definition) is 2. The summed E-state index contributed by atoms with van der Waals surface area (Å²) in [5.74, 6) is -0.217. The van der Waals surface area contributed by atoms with E-state index in [0.717, 1.165) is 24.4 Å². The third-order valence-corrected chi connectivity index (χ3v) is 6.17. The van der Waals surface area contributed by atoms with Gasteiger partial charge in [0.1, 0.15) is 4.21 Å². The molecule has 1 aromatic rings. The number of amides is 1. The molecule has 1 aliphatic rings. The fourth-order valence-corrected chi connectivity index (χ4v) is 4.48. The van der Waals surface area contributed by atoms with E-state index in [1.807, 2.05) is 6.92 Å². The highest BCUT2D eigenvalue weighted by atomic mass is 35.5. The van der Waals surface area contributed by atoms with Crippen molar-refractivity contribution in [2.24, 2.45) is 0 Å². The molecule has 1 saturated heterocycles. The largest absolute Gasteiger partial charge is 0.336 e. The molecular formula is C11H17Cl2N3O3S2. The molecule has 0 aliphatic carbocycles. The molecule has 0 spiro atoms. The maximum Gasteiger partial charge on any atom is 0.250 e. The summed E-state index contributed by atoms with van der Waals surface area (Å²) in [6, 6.07) is 3.01. The van der Waals surface area contributed by atoms with E-state index in [9.17, 15) is 13.2 Å². The SMILES string of the molecule is C[C@@H]1CNCCN1C(=O)CNS(=O)(=O)c1ccc(Cl)s1.Cl. The smallest absolute Gasteiger partial charge is 0.250 e. The van der Waals surface area contributed by atoms with E-state index in [2.05, 4.69) is 10.0 Å². The van der Waals surface area contributed by atoms with Gasteiger partial charge in [-0.05, 0) is 19.1 Å². The Morgan fingerprint density at radius 1 is 1.57 bits per heavy atom. The van der Waals surface area contributed by atoms with Gasteiger partial charge in [0.25, 0.3) is 10.0 Å². The van der Waals surface area contributed by atoms with Gasteiger partial charge in [-0.3, -0.25) is 4.79 Å². The molecule has 1 amide bonds. The molecule has 2 heterocycles. The quantitative estimate of drug-likeness (QED) is 0.822. The molecule has 0 aromatic carbocycles. The number of piperazine rings is 1. The summed E-state index contributed by atoms with van der Waals surface area (Å²) in [6.07, 6.45) is 0. The molecule has 2 rings (SSSR count). The van der Waals surface area contributed by atoms with Crippen LogP contribution in [0.2, 0.25) is 4.34 Å². The molecule has 1 aliphatic heterocycles. The van der Waals surface area contributed by atoms with Gasteiger partial charge in [-0.15, -0.1) is 23.7 Å². The second-order valence-electron chi connectivity index (χ2n) is 4.52. The van der Waals surface area contributed by atoms with Crippen molar-refractivity contribution in [3.05, 3.63) is 16.5 Å². The highest BCUT2D eigenvalue weighted by molar-refractivity contribution is 7.91. The van der Waals surface area contributed by atoms with Crippen LogP contribution in [0, 0.1) is 0 Å². The lowest BCUT2D eigenvalue weighted by Crippen LogP contribution is -2.54. The average Bonchev–Trinajstić information content (AvgIpc) is 2.84. The normalized spacial score (nSPS) is 19.1. The maximum absolute atomic E-state index is 12.0. The summed E-state index contributed by atoms with van der Waals surface area (Å²) in [5, 5.41) is 3.17. The molecule has 21 heavy (non-hydrogen) atoms. The van der Waals surface area contributed by atoms with Gasteiger partial charge in [-0.25, -0.2) is 13.1 Å². The monoisotopic (exact) mass is 373 g/mol. The van der Waals surface area contributed by atoms with E-state index >= 15 is 0 Å². The van der Waals surface area contributed by atoms with E-state index < -0.39 is 10.0 Å². The first kappa shape index (κ1) is 18.7. The van der Waals surface area contributed by atoms with E-state index in [4.69, 9.17) is 11.6 Å². The van der Waals surface area contributed by atoms with E-state index in [1.54, 1.807) is 4.90 Å². The lowest BCUT2D eigenvalue weighted by Gasteiger charge is -2.34. The third-order valence-electron chi connectivity index (χ3n) is 3.05. The molecule has 1 aromatic heterocycles. The Balaban J connectivity index is 0.00000220. The molecule has 0 bridgehead atoms. The van der Waals surface area contributed by atoms with E-state index in [0.29, 0.717) is 10.9 Å². The van der Waals surface area contributed by atoms with Crippen LogP contribution in [0.4, 0.5) is 0 Å². The summed E-state index contributed by atoms with van der Waals surface area (Å²) in [4.78, 5) is 13.7. The lowest BCUT2D eigenvalue weighted by molar-refractivity contribution is -0.132. The Hall–Kier alpha value is -0.380. The van der Waals surface area contributed by atoms with Gasteiger partial charge in [0.2, 0.25) is 5.91 Å². The Morgan fingerprint density at radius 2 is 2.29 bits per heavy atom. The average molecular weight is 374 g/mol. The predicted molar refractivity (Wildman–Crippen MR) is 85.8 cm³/mol. The second-order valence-corrected chi connectivity index (χ2v) is 8.23. The van der Waals surface area contributed by atoms with Crippen molar-refractivity contribution < 1.29 is 13.2 Å². The Bertz CT molecular complexity index is 591. The number of sulfonamides is 1. The summed E-state index contributed by atoms with van der Waals surface area (Å²) in [5.41, 5.74) is 0. The second kappa shape index (κ2) is 7.75. The Kier molecular flexibility index (Phi) is 6.89. The first-order chi connectivity index (χ1) is 9.40. The minimum absolute atomic E-state index is 0. The zero-order valence-electron chi connectivity index (χ0n) is 11.3. The molecule has 0 radical (unpaired) electrons. The number of nitrogens with one attached hydrogen (secondary N) is 2. The predicted octanol–water partition coefficient (Wildman–Crippen LogP) is 0.922. The van der Waals surface area contributed by atoms with Gasteiger partial charge in [-0.2, -0.15) is 0 Å². The molecule has 0 unspecified atom stereocenters. The third kappa shape index (κ3) is 4.80. The summed E-state index contributed by atoms with van der Waals surface area (Å²) >= 11 is 6.68. The van der Waals surface area contributed by atoms with Gasteiger partial charge in [0.15, 0.2) is 0 Å². The van der Waals surface area contributed by atoms with Crippen LogP contribution in [-0.2, 0) is 14.8 Å². The number of carbonyl (C=O) groups excluding carboxylic acids is 1. The molecule has 120 valence electrons. The summed E-state index contributed by atoms with van der Waals surface area (Å²) in [6.45, 7) is 3.73. The van der Waals surface area contributed by atoms with Gasteiger partial charge in [0.05, 0.1) is 10.9 Å². The zero-order chi connectivity index (χ0) is 14.8. The molecule has 0 saturated carbocycles. The summed E-state index contributed by atoms with van der Waals surface area (Å²) < 4.78 is 26.8. The number of nitrogens with zero attached hydrogens (tertiary/aromatic N) is 1. The fourth-order valence-electron chi connectivity index (χ4n) is 1.98. The number of halogens is 2. The van der Waals surface area contributed by atoms with E-state index in [-0.39, 0.29) is 35.1 Å². The van der Waals surface area contributed by atoms with Crippen LogP contribution in [0.5, 0.6) is 0 Å². The first-order valence-electron chi connectivity index (χ1n) is 6.15. The van der Waals surface area contributed by atoms with Crippen molar-refractivity contribution in [1.29, 1.82) is 0 Å². The van der Waals surface area contributed by atoms with Crippen LogP contribution in [0.25, 0.3) is 0 Å². The van der Waals surface area contributed by atoms with Gasteiger partial charge in [0, 0.05) is 25.7 Å². The zero-order valence-corrected chi connectivity index (χ0v) is 14.5. The Morgan fingerprint density at radius 3 is 2.86 bits per heavy atom. The Labute approximate surface area is 139 Å². The number of thiophene rings is 1. The molecular weight excluding hydrogens is 357 g/mol. The molecule has 1 fully saturated rings. The van der Waals surface area contributed by atoms with Gasteiger partial charge >= 0.3 is 0 Å². The van der Waals surface area contributed by atoms with Crippen LogP contribution in [0.3, 0.4) is 0 Å². The number of carbonyl (C=O) groups is 1. The molecule has 10 heteroatoms. The topological polar surface area (TPSA) is 78.5 Å². The molecule has 1 atom stereocenters. The first-order valence-corrected chi connectivity index (χ1v) is 8.83. The van der Waals surface area contributed by atoms with Crippen molar-refractivity contribution in [3.8, 4) is 0 Å². The van der Waals surface area contributed by atoms with Crippen molar-refractivity contribution in [2.75, 3.05) is 26.2 Å². The van der Waals surface area contributed by atoms with Crippen LogP contribution < -0.4 is 10.0 Å². The molecule has 6 nitrogen and oxygen atoms in total. The summed E-state index contributed by atoms with van der Waals surface area (Å²) in [7, 11) is -3.67. The fraction of sp³-hybridized carbons (Fsp3) is 0.545. The van der Waals surface area contributed by atoms with Crippen molar-refractivity contribution >= 4 is 51.3 Å². The highest BCUT2D eigenvalue weighted by Crippen LogP contribution is 2.25.